The van der Waals surface area contributed by atoms with Crippen LogP contribution in [0.15, 0.2) is 30.3 Å². The molecule has 1 aromatic carbocycles. The molecule has 4 heteroatoms. The fourth-order valence-electron chi connectivity index (χ4n) is 1.79. The van der Waals surface area contributed by atoms with Gasteiger partial charge in [-0.2, -0.15) is 5.10 Å². The zero-order valence-electron chi connectivity index (χ0n) is 10.2. The maximum absolute atomic E-state index is 5.53. The molecule has 0 saturated carbocycles. The van der Waals surface area contributed by atoms with E-state index in [-0.39, 0.29) is 0 Å². The minimum absolute atomic E-state index is 0.624. The van der Waals surface area contributed by atoms with Crippen LogP contribution in [-0.2, 0) is 6.42 Å². The van der Waals surface area contributed by atoms with Gasteiger partial charge in [0, 0.05) is 12.1 Å². The third-order valence-corrected chi connectivity index (χ3v) is 2.66. The zero-order chi connectivity index (χ0) is 12.3. The summed E-state index contributed by atoms with van der Waals surface area (Å²) in [4.78, 5) is 0. The van der Waals surface area contributed by atoms with Gasteiger partial charge in [-0.3, -0.25) is 0 Å². The Balaban J connectivity index is 2.31. The number of ether oxygens (including phenoxy) is 1. The maximum Gasteiger partial charge on any atom is 0.119 e. The SMILES string of the molecule is COc1ccc(-n2nc(CCN)cc2C)cc1. The van der Waals surface area contributed by atoms with Crippen LogP contribution in [-0.4, -0.2) is 23.4 Å². The average Bonchev–Trinajstić information content (AvgIpc) is 2.71. The van der Waals surface area contributed by atoms with Crippen LogP contribution in [0.5, 0.6) is 5.75 Å². The van der Waals surface area contributed by atoms with E-state index in [9.17, 15) is 0 Å². The van der Waals surface area contributed by atoms with E-state index in [1.54, 1.807) is 7.11 Å². The Kier molecular flexibility index (Phi) is 3.44. The monoisotopic (exact) mass is 231 g/mol. The molecule has 0 spiro atoms. The standard InChI is InChI=1S/C13H17N3O/c1-10-9-11(7-8-14)15-16(10)12-3-5-13(17-2)6-4-12/h3-6,9H,7-8,14H2,1-2H3. The van der Waals surface area contributed by atoms with Gasteiger partial charge in [0.25, 0.3) is 0 Å². The minimum atomic E-state index is 0.624. The molecule has 1 heterocycles. The van der Waals surface area contributed by atoms with E-state index in [1.165, 1.54) is 0 Å². The van der Waals surface area contributed by atoms with E-state index in [0.717, 1.165) is 29.2 Å². The van der Waals surface area contributed by atoms with Gasteiger partial charge >= 0.3 is 0 Å². The van der Waals surface area contributed by atoms with E-state index in [0.29, 0.717) is 6.54 Å². The topological polar surface area (TPSA) is 53.1 Å². The number of aromatic nitrogens is 2. The molecular formula is C13H17N3O. The Hall–Kier alpha value is -1.81. The molecule has 2 N–H and O–H groups in total. The molecular weight excluding hydrogens is 214 g/mol. The molecule has 0 aliphatic heterocycles. The van der Waals surface area contributed by atoms with Gasteiger partial charge in [0.05, 0.1) is 18.5 Å². The number of rotatable bonds is 4. The second kappa shape index (κ2) is 5.01. The van der Waals surface area contributed by atoms with Crippen molar-refractivity contribution in [1.82, 2.24) is 9.78 Å². The molecule has 1 aromatic heterocycles. The highest BCUT2D eigenvalue weighted by atomic mass is 16.5. The van der Waals surface area contributed by atoms with Crippen molar-refractivity contribution in [1.29, 1.82) is 0 Å². The number of nitrogens with zero attached hydrogens (tertiary/aromatic N) is 2. The predicted octanol–water partition coefficient (Wildman–Crippen LogP) is 1.69. The van der Waals surface area contributed by atoms with Gasteiger partial charge in [0.1, 0.15) is 5.75 Å². The highest BCUT2D eigenvalue weighted by Gasteiger charge is 2.05. The van der Waals surface area contributed by atoms with E-state index >= 15 is 0 Å². The lowest BCUT2D eigenvalue weighted by Gasteiger charge is -2.05. The lowest BCUT2D eigenvalue weighted by atomic mass is 10.3. The number of benzene rings is 1. The summed E-state index contributed by atoms with van der Waals surface area (Å²) in [5.74, 6) is 0.848. The van der Waals surface area contributed by atoms with Gasteiger partial charge in [-0.25, -0.2) is 4.68 Å². The number of methoxy groups -OCH3 is 1. The van der Waals surface area contributed by atoms with Crippen molar-refractivity contribution in [2.45, 2.75) is 13.3 Å². The fraction of sp³-hybridized carbons (Fsp3) is 0.308. The summed E-state index contributed by atoms with van der Waals surface area (Å²) in [6.07, 6.45) is 0.810. The molecule has 90 valence electrons. The number of hydrogen-bond acceptors (Lipinski definition) is 3. The van der Waals surface area contributed by atoms with E-state index < -0.39 is 0 Å². The van der Waals surface area contributed by atoms with E-state index in [2.05, 4.69) is 11.2 Å². The van der Waals surface area contributed by atoms with Gasteiger partial charge in [0.15, 0.2) is 0 Å². The lowest BCUT2D eigenvalue weighted by molar-refractivity contribution is 0.414. The molecule has 2 aromatic rings. The van der Waals surface area contributed by atoms with Crippen LogP contribution >= 0.6 is 0 Å². The summed E-state index contributed by atoms with van der Waals surface area (Å²) in [6, 6.07) is 9.91. The van der Waals surface area contributed by atoms with E-state index in [4.69, 9.17) is 10.5 Å². The second-order valence-corrected chi connectivity index (χ2v) is 3.93. The van der Waals surface area contributed by atoms with Crippen LogP contribution in [0.2, 0.25) is 0 Å². The summed E-state index contributed by atoms with van der Waals surface area (Å²) in [6.45, 7) is 2.66. The van der Waals surface area contributed by atoms with Gasteiger partial charge < -0.3 is 10.5 Å². The Morgan fingerprint density at radius 3 is 2.59 bits per heavy atom. The molecule has 17 heavy (non-hydrogen) atoms. The van der Waals surface area contributed by atoms with Gasteiger partial charge in [-0.05, 0) is 43.8 Å². The fourth-order valence-corrected chi connectivity index (χ4v) is 1.79. The minimum Gasteiger partial charge on any atom is -0.497 e. The molecule has 0 saturated heterocycles. The number of nitrogens with two attached hydrogens (primary N) is 1. The largest absolute Gasteiger partial charge is 0.497 e. The Bertz CT molecular complexity index is 488. The van der Waals surface area contributed by atoms with Crippen LogP contribution in [0.1, 0.15) is 11.4 Å². The van der Waals surface area contributed by atoms with Gasteiger partial charge in [-0.15, -0.1) is 0 Å². The van der Waals surface area contributed by atoms with Crippen molar-refractivity contribution in [3.63, 3.8) is 0 Å². The van der Waals surface area contributed by atoms with Gasteiger partial charge in [-0.1, -0.05) is 0 Å². The molecule has 0 amide bonds. The van der Waals surface area contributed by atoms with Crippen molar-refractivity contribution in [2.75, 3.05) is 13.7 Å². The van der Waals surface area contributed by atoms with Crippen molar-refractivity contribution in [3.8, 4) is 11.4 Å². The number of hydrogen-bond donors (Lipinski definition) is 1. The van der Waals surface area contributed by atoms with Crippen molar-refractivity contribution in [3.05, 3.63) is 41.7 Å². The van der Waals surface area contributed by atoms with Crippen LogP contribution < -0.4 is 10.5 Å². The first kappa shape index (κ1) is 11.7. The first-order chi connectivity index (χ1) is 8.24. The Labute approximate surface area is 101 Å². The smallest absolute Gasteiger partial charge is 0.119 e. The third-order valence-electron chi connectivity index (χ3n) is 2.66. The second-order valence-electron chi connectivity index (χ2n) is 3.93. The third kappa shape index (κ3) is 2.47. The number of aryl methyl sites for hydroxylation is 1. The summed E-state index contributed by atoms with van der Waals surface area (Å²) in [5.41, 5.74) is 8.70. The highest BCUT2D eigenvalue weighted by Crippen LogP contribution is 2.16. The van der Waals surface area contributed by atoms with Crippen LogP contribution in [0.25, 0.3) is 5.69 Å². The summed E-state index contributed by atoms with van der Waals surface area (Å²) in [5, 5.41) is 4.52. The summed E-state index contributed by atoms with van der Waals surface area (Å²) >= 11 is 0. The lowest BCUT2D eigenvalue weighted by Crippen LogP contribution is -2.04. The first-order valence-corrected chi connectivity index (χ1v) is 5.64. The summed E-state index contributed by atoms with van der Waals surface area (Å²) in [7, 11) is 1.66. The highest BCUT2D eigenvalue weighted by molar-refractivity contribution is 5.38. The Morgan fingerprint density at radius 2 is 2.00 bits per heavy atom. The average molecular weight is 231 g/mol. The molecule has 0 fully saturated rings. The molecule has 2 rings (SSSR count). The molecule has 4 nitrogen and oxygen atoms in total. The molecule has 0 atom stereocenters. The summed E-state index contributed by atoms with van der Waals surface area (Å²) < 4.78 is 7.05. The first-order valence-electron chi connectivity index (χ1n) is 5.64. The van der Waals surface area contributed by atoms with Crippen molar-refractivity contribution >= 4 is 0 Å². The van der Waals surface area contributed by atoms with Crippen LogP contribution in [0.3, 0.4) is 0 Å². The quantitative estimate of drug-likeness (QED) is 0.871. The maximum atomic E-state index is 5.53. The molecule has 0 radical (unpaired) electrons. The molecule has 0 unspecified atom stereocenters. The normalized spacial score (nSPS) is 10.5. The van der Waals surface area contributed by atoms with Crippen LogP contribution in [0.4, 0.5) is 0 Å². The van der Waals surface area contributed by atoms with Gasteiger partial charge in [0.2, 0.25) is 0 Å². The predicted molar refractivity (Wildman–Crippen MR) is 67.6 cm³/mol. The van der Waals surface area contributed by atoms with Crippen LogP contribution in [0, 0.1) is 6.92 Å². The van der Waals surface area contributed by atoms with Crippen molar-refractivity contribution in [2.24, 2.45) is 5.73 Å². The molecule has 0 aliphatic rings. The Morgan fingerprint density at radius 1 is 1.29 bits per heavy atom. The molecule has 0 bridgehead atoms. The van der Waals surface area contributed by atoms with Crippen molar-refractivity contribution < 1.29 is 4.74 Å². The zero-order valence-corrected chi connectivity index (χ0v) is 10.2. The van der Waals surface area contributed by atoms with E-state index in [1.807, 2.05) is 35.9 Å². The molecule has 0 aliphatic carbocycles.